The number of rotatable bonds is 3. The zero-order chi connectivity index (χ0) is 18.1. The van der Waals surface area contributed by atoms with E-state index in [0.717, 1.165) is 0 Å². The molecule has 2 saturated heterocycles. The summed E-state index contributed by atoms with van der Waals surface area (Å²) in [5.41, 5.74) is -0.586. The lowest BCUT2D eigenvalue weighted by Gasteiger charge is -2.35. The Kier molecular flexibility index (Phi) is 5.66. The highest BCUT2D eigenvalue weighted by molar-refractivity contribution is 8.14. The maximum Gasteiger partial charge on any atom is 0.410 e. The molecule has 0 spiro atoms. The van der Waals surface area contributed by atoms with Crippen LogP contribution in [0.25, 0.3) is 0 Å². The molecule has 2 fully saturated rings. The Morgan fingerprint density at radius 1 is 1.38 bits per heavy atom. The molecule has 2 heterocycles. The van der Waals surface area contributed by atoms with Crippen LogP contribution in [0.5, 0.6) is 0 Å². The number of carbonyl (C=O) groups excluding carboxylic acids is 2. The number of carbonyl (C=O) groups is 2. The van der Waals surface area contributed by atoms with Crippen molar-refractivity contribution in [1.29, 1.82) is 0 Å². The van der Waals surface area contributed by atoms with Crippen LogP contribution in [-0.4, -0.2) is 80.0 Å². The van der Waals surface area contributed by atoms with Gasteiger partial charge in [-0.2, -0.15) is 0 Å². The second-order valence-corrected chi connectivity index (χ2v) is 9.93. The fourth-order valence-electron chi connectivity index (χ4n) is 2.67. The van der Waals surface area contributed by atoms with E-state index < -0.39 is 26.0 Å². The van der Waals surface area contributed by atoms with E-state index in [1.807, 2.05) is 0 Å². The molecular weight excluding hydrogens is 360 g/mol. The van der Waals surface area contributed by atoms with Crippen molar-refractivity contribution in [2.24, 2.45) is 0 Å². The first-order chi connectivity index (χ1) is 11.0. The van der Waals surface area contributed by atoms with Gasteiger partial charge in [-0.3, -0.25) is 4.79 Å². The van der Waals surface area contributed by atoms with E-state index in [0.29, 0.717) is 13.2 Å². The van der Waals surface area contributed by atoms with Gasteiger partial charge >= 0.3 is 6.09 Å². The van der Waals surface area contributed by atoms with Crippen LogP contribution in [0.2, 0.25) is 0 Å². The van der Waals surface area contributed by atoms with Gasteiger partial charge in [0.05, 0.1) is 19.3 Å². The van der Waals surface area contributed by atoms with Gasteiger partial charge < -0.3 is 19.3 Å². The molecule has 24 heavy (non-hydrogen) atoms. The first kappa shape index (κ1) is 19.3. The largest absolute Gasteiger partial charge is 0.444 e. The number of halogens is 1. The predicted molar refractivity (Wildman–Crippen MR) is 87.3 cm³/mol. The highest BCUT2D eigenvalue weighted by atomic mass is 35.7. The van der Waals surface area contributed by atoms with Crippen LogP contribution in [-0.2, 0) is 23.3 Å². The molecular formula is C14H23ClN2O6S. The Morgan fingerprint density at radius 3 is 2.58 bits per heavy atom. The molecule has 138 valence electrons. The molecule has 0 bridgehead atoms. The second-order valence-electron chi connectivity index (χ2n) is 7.02. The van der Waals surface area contributed by atoms with Crippen molar-refractivity contribution < 1.29 is 27.5 Å². The van der Waals surface area contributed by atoms with E-state index in [2.05, 4.69) is 0 Å². The van der Waals surface area contributed by atoms with Gasteiger partial charge in [-0.05, 0) is 20.8 Å². The topological polar surface area (TPSA) is 93.2 Å². The number of ether oxygens (including phenoxy) is 2. The highest BCUT2D eigenvalue weighted by Gasteiger charge is 2.39. The zero-order valence-corrected chi connectivity index (χ0v) is 15.6. The number of morpholine rings is 1. The molecule has 0 saturated carbocycles. The van der Waals surface area contributed by atoms with Crippen molar-refractivity contribution in [2.45, 2.75) is 44.1 Å². The van der Waals surface area contributed by atoms with Crippen molar-refractivity contribution in [3.05, 3.63) is 0 Å². The minimum atomic E-state index is -3.77. The summed E-state index contributed by atoms with van der Waals surface area (Å²) in [5, 5.41) is -0.891. The van der Waals surface area contributed by atoms with Gasteiger partial charge in [-0.15, -0.1) is 0 Å². The quantitative estimate of drug-likeness (QED) is 0.670. The van der Waals surface area contributed by atoms with Crippen molar-refractivity contribution in [3.63, 3.8) is 0 Å². The maximum atomic E-state index is 12.1. The van der Waals surface area contributed by atoms with Crippen molar-refractivity contribution in [1.82, 2.24) is 9.80 Å². The summed E-state index contributed by atoms with van der Waals surface area (Å²) < 4.78 is 33.7. The highest BCUT2D eigenvalue weighted by Crippen LogP contribution is 2.22. The summed E-state index contributed by atoms with van der Waals surface area (Å²) in [6.45, 7) is 6.69. The Bertz CT molecular complexity index is 603. The van der Waals surface area contributed by atoms with Crippen molar-refractivity contribution in [2.75, 3.05) is 32.8 Å². The van der Waals surface area contributed by atoms with Crippen LogP contribution in [0.1, 0.15) is 27.2 Å². The maximum absolute atomic E-state index is 12.1. The van der Waals surface area contributed by atoms with Crippen LogP contribution in [0.4, 0.5) is 4.79 Å². The minimum absolute atomic E-state index is 0.0525. The fourth-order valence-corrected chi connectivity index (χ4v) is 3.73. The summed E-state index contributed by atoms with van der Waals surface area (Å²) in [5.74, 6) is -0.276. The number of hydrogen-bond acceptors (Lipinski definition) is 6. The third kappa shape index (κ3) is 5.22. The van der Waals surface area contributed by atoms with Gasteiger partial charge in [-0.25, -0.2) is 13.2 Å². The molecule has 0 radical (unpaired) electrons. The summed E-state index contributed by atoms with van der Waals surface area (Å²) in [6.07, 6.45) is -0.925. The summed E-state index contributed by atoms with van der Waals surface area (Å²) >= 11 is 0. The van der Waals surface area contributed by atoms with Gasteiger partial charge in [0, 0.05) is 36.7 Å². The molecule has 8 nitrogen and oxygen atoms in total. The lowest BCUT2D eigenvalue weighted by atomic mass is 10.2. The fraction of sp³-hybridized carbons (Fsp3) is 0.857. The molecule has 2 rings (SSSR count). The standard InChI is InChI=1S/C14H23ClN2O6S/c1-14(2,3)23-13(19)16-4-5-22-10(7-16)8-17-9-11(6-12(17)18)24(15,20)21/h10-11H,4-9H2,1-3H3/t10-,11?/m0/s1. The monoisotopic (exact) mass is 382 g/mol. The molecule has 2 amide bonds. The van der Waals surface area contributed by atoms with E-state index in [4.69, 9.17) is 20.2 Å². The van der Waals surface area contributed by atoms with Crippen molar-refractivity contribution >= 4 is 31.7 Å². The summed E-state index contributed by atoms with van der Waals surface area (Å²) in [7, 11) is 1.56. The first-order valence-corrected chi connectivity index (χ1v) is 10.1. The number of hydrogen-bond donors (Lipinski definition) is 0. The van der Waals surface area contributed by atoms with Gasteiger partial charge in [0.1, 0.15) is 10.9 Å². The molecule has 1 unspecified atom stereocenters. The Balaban J connectivity index is 1.91. The van der Waals surface area contributed by atoms with Crippen molar-refractivity contribution in [3.8, 4) is 0 Å². The second kappa shape index (κ2) is 7.05. The Morgan fingerprint density at radius 2 is 2.04 bits per heavy atom. The van der Waals surface area contributed by atoms with Gasteiger partial charge in [0.25, 0.3) is 0 Å². The van der Waals surface area contributed by atoms with Crippen LogP contribution < -0.4 is 0 Å². The SMILES string of the molecule is CC(C)(C)OC(=O)N1CCO[C@H](CN2CC(S(=O)(=O)Cl)CC2=O)C1. The average Bonchev–Trinajstić information content (AvgIpc) is 2.79. The molecule has 2 aliphatic heterocycles. The summed E-state index contributed by atoms with van der Waals surface area (Å²) in [6, 6.07) is 0. The zero-order valence-electron chi connectivity index (χ0n) is 14.0. The van der Waals surface area contributed by atoms with E-state index >= 15 is 0 Å². The predicted octanol–water partition coefficient (Wildman–Crippen LogP) is 0.792. The molecule has 0 N–H and O–H groups in total. The molecule has 0 aromatic carbocycles. The molecule has 0 aromatic heterocycles. The van der Waals surface area contributed by atoms with E-state index in [1.165, 1.54) is 9.80 Å². The van der Waals surface area contributed by atoms with E-state index in [9.17, 15) is 18.0 Å². The Labute approximate surface area is 146 Å². The molecule has 2 aliphatic rings. The lowest BCUT2D eigenvalue weighted by molar-refractivity contribution is -0.130. The molecule has 10 heteroatoms. The third-order valence-electron chi connectivity index (χ3n) is 3.79. The molecule has 0 aliphatic carbocycles. The smallest absolute Gasteiger partial charge is 0.410 e. The molecule has 0 aromatic rings. The number of likely N-dealkylation sites (tertiary alicyclic amines) is 1. The number of amides is 2. The van der Waals surface area contributed by atoms with Crippen LogP contribution in [0, 0.1) is 0 Å². The van der Waals surface area contributed by atoms with Crippen LogP contribution >= 0.6 is 10.7 Å². The average molecular weight is 383 g/mol. The Hall–Kier alpha value is -1.06. The number of nitrogens with zero attached hydrogens (tertiary/aromatic N) is 2. The van der Waals surface area contributed by atoms with Crippen LogP contribution in [0.15, 0.2) is 0 Å². The normalized spacial score (nSPS) is 25.9. The van der Waals surface area contributed by atoms with Gasteiger partial charge in [-0.1, -0.05) is 0 Å². The minimum Gasteiger partial charge on any atom is -0.444 e. The third-order valence-corrected chi connectivity index (χ3v) is 5.66. The summed E-state index contributed by atoms with van der Waals surface area (Å²) in [4.78, 5) is 27.0. The van der Waals surface area contributed by atoms with Gasteiger partial charge in [0.2, 0.25) is 15.0 Å². The van der Waals surface area contributed by atoms with Crippen LogP contribution in [0.3, 0.4) is 0 Å². The van der Waals surface area contributed by atoms with E-state index in [-0.39, 0.29) is 38.1 Å². The molecule has 2 atom stereocenters. The first-order valence-electron chi connectivity index (χ1n) is 7.76. The van der Waals surface area contributed by atoms with E-state index in [1.54, 1.807) is 20.8 Å². The van der Waals surface area contributed by atoms with Gasteiger partial charge in [0.15, 0.2) is 0 Å². The lowest BCUT2D eigenvalue weighted by Crippen LogP contribution is -2.51.